The average molecular weight is 241 g/mol. The van der Waals surface area contributed by atoms with Crippen LogP contribution in [0.5, 0.6) is 0 Å². The van der Waals surface area contributed by atoms with Crippen molar-refractivity contribution in [1.29, 1.82) is 0 Å². The van der Waals surface area contributed by atoms with Crippen molar-refractivity contribution in [3.63, 3.8) is 0 Å². The number of amides is 2. The molecule has 0 saturated carbocycles. The Hall–Kier alpha value is -1.14. The summed E-state index contributed by atoms with van der Waals surface area (Å²) in [6.45, 7) is 4.51. The minimum atomic E-state index is 0.0542. The molecule has 0 unspecified atom stereocenters. The van der Waals surface area contributed by atoms with Crippen molar-refractivity contribution in [2.45, 2.75) is 6.42 Å². The van der Waals surface area contributed by atoms with Crippen LogP contribution in [0, 0.1) is 5.92 Å². The van der Waals surface area contributed by atoms with Crippen LogP contribution < -0.4 is 10.6 Å². The van der Waals surface area contributed by atoms with Crippen LogP contribution in [0.1, 0.15) is 6.42 Å². The molecule has 2 fully saturated rings. The molecule has 2 rings (SSSR count). The molecular formula is C11H19N3O3. The van der Waals surface area contributed by atoms with Gasteiger partial charge in [-0.1, -0.05) is 0 Å². The lowest BCUT2D eigenvalue weighted by Crippen LogP contribution is -2.51. The van der Waals surface area contributed by atoms with Crippen LogP contribution in [0.4, 0.5) is 0 Å². The van der Waals surface area contributed by atoms with Crippen molar-refractivity contribution >= 4 is 11.8 Å². The molecule has 0 radical (unpaired) electrons. The normalized spacial score (nSPS) is 20.8. The van der Waals surface area contributed by atoms with Gasteiger partial charge in [-0.05, 0) is 0 Å². The average Bonchev–Trinajstić information content (AvgIpc) is 2.27. The number of nitrogens with zero attached hydrogens (tertiary/aromatic N) is 1. The predicted molar refractivity (Wildman–Crippen MR) is 61.4 cm³/mol. The van der Waals surface area contributed by atoms with Gasteiger partial charge in [0, 0.05) is 39.1 Å². The van der Waals surface area contributed by atoms with Crippen LogP contribution in [0.2, 0.25) is 0 Å². The maximum Gasteiger partial charge on any atom is 0.225 e. The zero-order valence-electron chi connectivity index (χ0n) is 9.91. The van der Waals surface area contributed by atoms with Crippen molar-refractivity contribution in [3.05, 3.63) is 0 Å². The molecular weight excluding hydrogens is 222 g/mol. The Balaban J connectivity index is 1.60. The fraction of sp³-hybridized carbons (Fsp3) is 0.818. The second-order valence-corrected chi connectivity index (χ2v) is 4.39. The van der Waals surface area contributed by atoms with Crippen molar-refractivity contribution in [1.82, 2.24) is 15.5 Å². The number of carbonyl (C=O) groups is 2. The van der Waals surface area contributed by atoms with Crippen LogP contribution in [0.15, 0.2) is 0 Å². The molecule has 96 valence electrons. The summed E-state index contributed by atoms with van der Waals surface area (Å²) in [5.74, 6) is 0.243. The molecule has 2 aliphatic rings. The first-order chi connectivity index (χ1) is 8.27. The third-order valence-corrected chi connectivity index (χ3v) is 3.15. The molecule has 0 bridgehead atoms. The lowest BCUT2D eigenvalue weighted by atomic mass is 10.0. The summed E-state index contributed by atoms with van der Waals surface area (Å²) in [5, 5.41) is 5.84. The minimum Gasteiger partial charge on any atom is -0.378 e. The highest BCUT2D eigenvalue weighted by Crippen LogP contribution is 2.03. The number of morpholine rings is 1. The minimum absolute atomic E-state index is 0.0542. The maximum atomic E-state index is 11.7. The number of hydrogen-bond acceptors (Lipinski definition) is 4. The van der Waals surface area contributed by atoms with Crippen LogP contribution in [0.3, 0.4) is 0 Å². The summed E-state index contributed by atoms with van der Waals surface area (Å²) in [5.41, 5.74) is 0. The Kier molecular flexibility index (Phi) is 4.33. The second kappa shape index (κ2) is 5.97. The Bertz CT molecular complexity index is 286. The van der Waals surface area contributed by atoms with Crippen LogP contribution in [0.25, 0.3) is 0 Å². The summed E-state index contributed by atoms with van der Waals surface area (Å²) in [4.78, 5) is 25.0. The van der Waals surface area contributed by atoms with Gasteiger partial charge in [-0.15, -0.1) is 0 Å². The van der Waals surface area contributed by atoms with Crippen molar-refractivity contribution < 1.29 is 14.3 Å². The first-order valence-corrected chi connectivity index (χ1v) is 6.11. The lowest BCUT2D eigenvalue weighted by molar-refractivity contribution is -0.135. The first-order valence-electron chi connectivity index (χ1n) is 6.11. The van der Waals surface area contributed by atoms with Gasteiger partial charge in [-0.2, -0.15) is 0 Å². The predicted octanol–water partition coefficient (Wildman–Crippen LogP) is -1.43. The highest BCUT2D eigenvalue weighted by atomic mass is 16.5. The van der Waals surface area contributed by atoms with Crippen LogP contribution in [-0.2, 0) is 14.3 Å². The topological polar surface area (TPSA) is 70.7 Å². The van der Waals surface area contributed by atoms with Gasteiger partial charge in [-0.25, -0.2) is 0 Å². The zero-order chi connectivity index (χ0) is 12.1. The van der Waals surface area contributed by atoms with E-state index >= 15 is 0 Å². The molecule has 2 amide bonds. The fourth-order valence-electron chi connectivity index (χ4n) is 1.88. The van der Waals surface area contributed by atoms with Gasteiger partial charge >= 0.3 is 0 Å². The smallest absolute Gasteiger partial charge is 0.225 e. The van der Waals surface area contributed by atoms with E-state index in [9.17, 15) is 9.59 Å². The standard InChI is InChI=1S/C11H19N3O3/c15-10(14-3-5-17-6-4-14)1-2-13-11(16)9-7-12-8-9/h9,12H,1-8H2,(H,13,16). The van der Waals surface area contributed by atoms with Gasteiger partial charge < -0.3 is 20.3 Å². The molecule has 2 heterocycles. The number of nitrogens with one attached hydrogen (secondary N) is 2. The number of hydrogen-bond donors (Lipinski definition) is 2. The highest BCUT2D eigenvalue weighted by molar-refractivity contribution is 5.81. The lowest BCUT2D eigenvalue weighted by Gasteiger charge is -2.28. The molecule has 17 heavy (non-hydrogen) atoms. The molecule has 6 nitrogen and oxygen atoms in total. The molecule has 0 aromatic rings. The number of ether oxygens (including phenoxy) is 1. The number of rotatable bonds is 4. The van der Waals surface area contributed by atoms with E-state index in [4.69, 9.17) is 4.74 Å². The van der Waals surface area contributed by atoms with Crippen molar-refractivity contribution in [2.75, 3.05) is 45.9 Å². The van der Waals surface area contributed by atoms with E-state index in [0.29, 0.717) is 39.3 Å². The molecule has 0 atom stereocenters. The van der Waals surface area contributed by atoms with E-state index in [0.717, 1.165) is 13.1 Å². The van der Waals surface area contributed by atoms with Crippen molar-refractivity contribution in [2.24, 2.45) is 5.92 Å². The molecule has 2 N–H and O–H groups in total. The van der Waals surface area contributed by atoms with Gasteiger partial charge in [0.25, 0.3) is 0 Å². The molecule has 0 aliphatic carbocycles. The third-order valence-electron chi connectivity index (χ3n) is 3.15. The molecule has 0 aromatic heterocycles. The largest absolute Gasteiger partial charge is 0.378 e. The van der Waals surface area contributed by atoms with Gasteiger partial charge in [-0.3, -0.25) is 9.59 Å². The highest BCUT2D eigenvalue weighted by Gasteiger charge is 2.24. The van der Waals surface area contributed by atoms with Crippen LogP contribution in [-0.4, -0.2) is 62.7 Å². The Morgan fingerprint density at radius 2 is 2.00 bits per heavy atom. The van der Waals surface area contributed by atoms with Gasteiger partial charge in [0.15, 0.2) is 0 Å². The Morgan fingerprint density at radius 1 is 1.29 bits per heavy atom. The van der Waals surface area contributed by atoms with Crippen LogP contribution >= 0.6 is 0 Å². The molecule has 0 aromatic carbocycles. The monoisotopic (exact) mass is 241 g/mol. The van der Waals surface area contributed by atoms with E-state index < -0.39 is 0 Å². The molecule has 0 spiro atoms. The Labute approximate surface area is 101 Å². The van der Waals surface area contributed by atoms with E-state index in [1.54, 1.807) is 4.90 Å². The van der Waals surface area contributed by atoms with E-state index in [1.165, 1.54) is 0 Å². The number of carbonyl (C=O) groups excluding carboxylic acids is 2. The Morgan fingerprint density at radius 3 is 2.59 bits per heavy atom. The summed E-state index contributed by atoms with van der Waals surface area (Å²) in [6, 6.07) is 0. The summed E-state index contributed by atoms with van der Waals surface area (Å²) in [6.07, 6.45) is 0.381. The van der Waals surface area contributed by atoms with E-state index in [2.05, 4.69) is 10.6 Å². The van der Waals surface area contributed by atoms with Gasteiger partial charge in [0.1, 0.15) is 0 Å². The third kappa shape index (κ3) is 3.41. The first kappa shape index (κ1) is 12.3. The summed E-state index contributed by atoms with van der Waals surface area (Å²) in [7, 11) is 0. The maximum absolute atomic E-state index is 11.7. The fourth-order valence-corrected chi connectivity index (χ4v) is 1.88. The molecule has 2 saturated heterocycles. The molecule has 2 aliphatic heterocycles. The summed E-state index contributed by atoms with van der Waals surface area (Å²) < 4.78 is 5.18. The SMILES string of the molecule is O=C(NCCC(=O)N1CCOCC1)C1CNC1. The zero-order valence-corrected chi connectivity index (χ0v) is 9.91. The van der Waals surface area contributed by atoms with E-state index in [1.807, 2.05) is 0 Å². The van der Waals surface area contributed by atoms with Gasteiger partial charge in [0.2, 0.25) is 11.8 Å². The second-order valence-electron chi connectivity index (χ2n) is 4.39. The molecule has 6 heteroatoms. The van der Waals surface area contributed by atoms with Gasteiger partial charge in [0.05, 0.1) is 19.1 Å². The van der Waals surface area contributed by atoms with E-state index in [-0.39, 0.29) is 17.7 Å². The van der Waals surface area contributed by atoms with Crippen molar-refractivity contribution in [3.8, 4) is 0 Å². The summed E-state index contributed by atoms with van der Waals surface area (Å²) >= 11 is 0. The quantitative estimate of drug-likeness (QED) is 0.633.